The highest BCUT2D eigenvalue weighted by molar-refractivity contribution is 5.78. The van der Waals surface area contributed by atoms with E-state index in [1.165, 1.54) is 0 Å². The zero-order valence-electron chi connectivity index (χ0n) is 18.2. The second kappa shape index (κ2) is 8.27. The van der Waals surface area contributed by atoms with Crippen LogP contribution in [0.5, 0.6) is 11.5 Å². The van der Waals surface area contributed by atoms with Gasteiger partial charge < -0.3 is 18.8 Å². The zero-order valence-corrected chi connectivity index (χ0v) is 18.2. The number of benzene rings is 2. The van der Waals surface area contributed by atoms with Gasteiger partial charge in [-0.05, 0) is 49.9 Å². The summed E-state index contributed by atoms with van der Waals surface area (Å²) in [7, 11) is 3.69. The molecule has 3 heterocycles. The van der Waals surface area contributed by atoms with Crippen molar-refractivity contribution < 1.29 is 18.7 Å². The molecule has 1 unspecified atom stereocenters. The largest absolute Gasteiger partial charge is 0.497 e. The highest BCUT2D eigenvalue weighted by atomic mass is 16.5. The number of rotatable bonds is 6. The number of carbonyl (C=O) groups excluding carboxylic acids is 1. The number of likely N-dealkylation sites (tertiary alicyclic amines) is 2. The minimum absolute atomic E-state index is 0.00157. The van der Waals surface area contributed by atoms with Gasteiger partial charge in [0, 0.05) is 30.6 Å². The first kappa shape index (κ1) is 20.5. The van der Waals surface area contributed by atoms with Crippen LogP contribution < -0.4 is 9.47 Å². The van der Waals surface area contributed by atoms with Crippen molar-refractivity contribution in [1.82, 2.24) is 20.0 Å². The molecule has 0 N–H and O–H groups in total. The summed E-state index contributed by atoms with van der Waals surface area (Å²) in [5.41, 5.74) is 0.982. The van der Waals surface area contributed by atoms with Crippen molar-refractivity contribution in [3.63, 3.8) is 0 Å². The molecule has 1 aromatic heterocycles. The van der Waals surface area contributed by atoms with Gasteiger partial charge in [-0.15, -0.1) is 10.2 Å². The molecule has 0 bridgehead atoms. The second-order valence-electron chi connectivity index (χ2n) is 8.66. The molecule has 2 aromatic carbocycles. The van der Waals surface area contributed by atoms with Gasteiger partial charge in [0.25, 0.3) is 5.91 Å². The van der Waals surface area contributed by atoms with E-state index in [1.807, 2.05) is 47.4 Å². The Balaban J connectivity index is 1.16. The number of carbonyl (C=O) groups is 1. The van der Waals surface area contributed by atoms with E-state index in [1.54, 1.807) is 19.2 Å². The molecule has 32 heavy (non-hydrogen) atoms. The third-order valence-electron chi connectivity index (χ3n) is 6.32. The molecule has 2 aliphatic heterocycles. The lowest BCUT2D eigenvalue weighted by atomic mass is 9.77. The summed E-state index contributed by atoms with van der Waals surface area (Å²) < 4.78 is 16.8. The van der Waals surface area contributed by atoms with Crippen LogP contribution in [0.1, 0.15) is 18.4 Å². The normalized spacial score (nSPS) is 19.7. The number of methoxy groups -OCH3 is 1. The average Bonchev–Trinajstić information content (AvgIpc) is 3.42. The van der Waals surface area contributed by atoms with E-state index in [0.29, 0.717) is 17.5 Å². The highest BCUT2D eigenvalue weighted by Crippen LogP contribution is 2.47. The maximum Gasteiger partial charge on any atom is 0.260 e. The van der Waals surface area contributed by atoms with Crippen molar-refractivity contribution in [3.05, 3.63) is 60.5 Å². The Bertz CT molecular complexity index is 1080. The van der Waals surface area contributed by atoms with Gasteiger partial charge in [0.15, 0.2) is 6.61 Å². The molecule has 1 amide bonds. The summed E-state index contributed by atoms with van der Waals surface area (Å²) in [5.74, 6) is 2.58. The van der Waals surface area contributed by atoms with E-state index in [0.717, 1.165) is 37.4 Å². The van der Waals surface area contributed by atoms with Crippen molar-refractivity contribution in [2.45, 2.75) is 12.5 Å². The lowest BCUT2D eigenvalue weighted by Gasteiger charge is -2.48. The average molecular weight is 434 g/mol. The molecule has 2 aliphatic rings. The molecular weight excluding hydrogens is 408 g/mol. The second-order valence-corrected chi connectivity index (χ2v) is 8.66. The standard InChI is InChI=1S/C24H26N4O4/c1-27-14-24(12-20(27)23-26-25-22(32-23)17-6-4-3-5-7-17)15-28(16-24)21(29)13-31-19-10-8-18(30-2)9-11-19/h3-11,20H,12-16H2,1-2H3. The van der Waals surface area contributed by atoms with Crippen molar-refractivity contribution in [1.29, 1.82) is 0 Å². The Hall–Kier alpha value is -3.39. The van der Waals surface area contributed by atoms with Crippen LogP contribution in [-0.2, 0) is 4.79 Å². The van der Waals surface area contributed by atoms with E-state index in [9.17, 15) is 4.79 Å². The van der Waals surface area contributed by atoms with Crippen molar-refractivity contribution in [2.24, 2.45) is 5.41 Å². The van der Waals surface area contributed by atoms with E-state index >= 15 is 0 Å². The van der Waals surface area contributed by atoms with E-state index in [4.69, 9.17) is 13.9 Å². The summed E-state index contributed by atoms with van der Waals surface area (Å²) in [4.78, 5) is 16.7. The van der Waals surface area contributed by atoms with E-state index < -0.39 is 0 Å². The molecule has 0 radical (unpaired) electrons. The molecule has 0 aliphatic carbocycles. The Morgan fingerprint density at radius 3 is 2.50 bits per heavy atom. The molecule has 5 rings (SSSR count). The van der Waals surface area contributed by atoms with Gasteiger partial charge in [0.2, 0.25) is 11.8 Å². The first-order valence-corrected chi connectivity index (χ1v) is 10.7. The van der Waals surface area contributed by atoms with Gasteiger partial charge in [-0.2, -0.15) is 0 Å². The van der Waals surface area contributed by atoms with Crippen molar-refractivity contribution in [3.8, 4) is 23.0 Å². The van der Waals surface area contributed by atoms with Crippen LogP contribution in [0.25, 0.3) is 11.5 Å². The number of hydrogen-bond donors (Lipinski definition) is 0. The minimum atomic E-state index is 0.00157. The van der Waals surface area contributed by atoms with E-state index in [2.05, 4.69) is 22.1 Å². The van der Waals surface area contributed by atoms with E-state index in [-0.39, 0.29) is 24.0 Å². The number of ether oxygens (including phenoxy) is 2. The van der Waals surface area contributed by atoms with Crippen LogP contribution in [-0.4, -0.2) is 66.3 Å². The quantitative estimate of drug-likeness (QED) is 0.590. The highest BCUT2D eigenvalue weighted by Gasteiger charge is 2.53. The predicted molar refractivity (Wildman–Crippen MR) is 117 cm³/mol. The van der Waals surface area contributed by atoms with Crippen LogP contribution in [0, 0.1) is 5.41 Å². The molecule has 166 valence electrons. The first-order valence-electron chi connectivity index (χ1n) is 10.7. The van der Waals surface area contributed by atoms with Crippen LogP contribution in [0.4, 0.5) is 0 Å². The molecule has 3 aromatic rings. The summed E-state index contributed by atoms with van der Waals surface area (Å²) >= 11 is 0. The molecule has 1 spiro atoms. The molecule has 2 saturated heterocycles. The van der Waals surface area contributed by atoms with Crippen LogP contribution in [0.3, 0.4) is 0 Å². The summed E-state index contributed by atoms with van der Waals surface area (Å²) in [5, 5.41) is 8.54. The summed E-state index contributed by atoms with van der Waals surface area (Å²) in [6, 6.07) is 17.1. The van der Waals surface area contributed by atoms with Crippen LogP contribution in [0.2, 0.25) is 0 Å². The minimum Gasteiger partial charge on any atom is -0.497 e. The number of aromatic nitrogens is 2. The topological polar surface area (TPSA) is 80.9 Å². The van der Waals surface area contributed by atoms with Crippen molar-refractivity contribution in [2.75, 3.05) is 40.4 Å². The maximum atomic E-state index is 12.6. The third kappa shape index (κ3) is 3.93. The van der Waals surface area contributed by atoms with Crippen LogP contribution >= 0.6 is 0 Å². The summed E-state index contributed by atoms with van der Waals surface area (Å²) in [6.07, 6.45) is 0.892. The molecule has 0 saturated carbocycles. The lowest BCUT2D eigenvalue weighted by molar-refractivity contribution is -0.144. The first-order chi connectivity index (χ1) is 15.5. The number of hydrogen-bond acceptors (Lipinski definition) is 7. The molecule has 8 nitrogen and oxygen atoms in total. The van der Waals surface area contributed by atoms with Gasteiger partial charge in [-0.1, -0.05) is 18.2 Å². The Morgan fingerprint density at radius 2 is 1.78 bits per heavy atom. The van der Waals surface area contributed by atoms with Gasteiger partial charge >= 0.3 is 0 Å². The Kier molecular flexibility index (Phi) is 5.30. The van der Waals surface area contributed by atoms with Gasteiger partial charge in [0.1, 0.15) is 11.5 Å². The fourth-order valence-corrected chi connectivity index (χ4v) is 4.69. The molecule has 2 fully saturated rings. The molecule has 8 heteroatoms. The third-order valence-corrected chi connectivity index (χ3v) is 6.32. The van der Waals surface area contributed by atoms with Gasteiger partial charge in [-0.3, -0.25) is 9.69 Å². The summed E-state index contributed by atoms with van der Waals surface area (Å²) in [6.45, 7) is 2.37. The van der Waals surface area contributed by atoms with Crippen LogP contribution in [0.15, 0.2) is 59.0 Å². The maximum absolute atomic E-state index is 12.6. The fraction of sp³-hybridized carbons (Fsp3) is 0.375. The fourth-order valence-electron chi connectivity index (χ4n) is 4.69. The SMILES string of the molecule is COc1ccc(OCC(=O)N2CC3(CC(c4nnc(-c5ccccc5)o4)N(C)C3)C2)cc1. The van der Waals surface area contributed by atoms with Gasteiger partial charge in [0.05, 0.1) is 13.2 Å². The smallest absolute Gasteiger partial charge is 0.260 e. The Morgan fingerprint density at radius 1 is 1.06 bits per heavy atom. The Labute approximate surface area is 186 Å². The zero-order chi connectivity index (χ0) is 22.1. The molecular formula is C24H26N4O4. The number of nitrogens with zero attached hydrogens (tertiary/aromatic N) is 4. The van der Waals surface area contributed by atoms with Crippen molar-refractivity contribution >= 4 is 5.91 Å². The van der Waals surface area contributed by atoms with Gasteiger partial charge in [-0.25, -0.2) is 0 Å². The number of amides is 1. The molecule has 1 atom stereocenters. The monoisotopic (exact) mass is 434 g/mol. The lowest BCUT2D eigenvalue weighted by Crippen LogP contribution is -2.60. The predicted octanol–water partition coefficient (Wildman–Crippen LogP) is 3.03.